The van der Waals surface area contributed by atoms with Crippen molar-refractivity contribution in [1.82, 2.24) is 54.4 Å². The lowest BCUT2D eigenvalue weighted by Crippen LogP contribution is -2.55. The van der Waals surface area contributed by atoms with Crippen LogP contribution in [0.3, 0.4) is 0 Å². The Hall–Kier alpha value is -4.97. The van der Waals surface area contributed by atoms with Gasteiger partial charge in [-0.15, -0.1) is 10.2 Å². The first-order chi connectivity index (χ1) is 22.7. The first-order valence-corrected chi connectivity index (χ1v) is 14.9. The number of alkyl halides is 4. The Kier molecular flexibility index (Phi) is 8.27. The summed E-state index contributed by atoms with van der Waals surface area (Å²) in [5, 5.41) is 24.4. The summed E-state index contributed by atoms with van der Waals surface area (Å²) in [4.78, 5) is 23.9. The third-order valence-electron chi connectivity index (χ3n) is 8.16. The maximum atomic E-state index is 13.6. The van der Waals surface area contributed by atoms with E-state index in [2.05, 4.69) is 57.5 Å². The number of anilines is 1. The lowest BCUT2D eigenvalue weighted by atomic mass is 9.98. The van der Waals surface area contributed by atoms with Crippen LogP contribution >= 0.6 is 0 Å². The van der Waals surface area contributed by atoms with Gasteiger partial charge in [-0.3, -0.25) is 14.4 Å². The molecule has 47 heavy (non-hydrogen) atoms. The highest BCUT2D eigenvalue weighted by atomic mass is 19.3. The van der Waals surface area contributed by atoms with Crippen LogP contribution in [0.5, 0.6) is 5.75 Å². The normalized spacial score (nSPS) is 16.2. The fraction of sp³-hybridized carbons (Fsp3) is 0.414. The van der Waals surface area contributed by atoms with E-state index in [1.165, 1.54) is 46.0 Å². The Labute approximate surface area is 264 Å². The van der Waals surface area contributed by atoms with Gasteiger partial charge in [0.05, 0.1) is 17.9 Å². The van der Waals surface area contributed by atoms with E-state index in [0.717, 1.165) is 32.7 Å². The number of hydrogen-bond acceptors (Lipinski definition) is 10. The number of carbonyl (C=O) groups is 1. The Morgan fingerprint density at radius 3 is 2.72 bits per heavy atom. The summed E-state index contributed by atoms with van der Waals surface area (Å²) in [7, 11) is 2.11. The average molecular weight is 655 g/mol. The van der Waals surface area contributed by atoms with Gasteiger partial charge in [-0.1, -0.05) is 6.07 Å². The summed E-state index contributed by atoms with van der Waals surface area (Å²) in [6.45, 7) is 1.77. The van der Waals surface area contributed by atoms with Crippen LogP contribution in [0.2, 0.25) is 0 Å². The van der Waals surface area contributed by atoms with Crippen molar-refractivity contribution >= 4 is 17.2 Å². The molecule has 0 saturated carbocycles. The maximum Gasteiger partial charge on any atom is 0.387 e. The molecule has 2 fully saturated rings. The van der Waals surface area contributed by atoms with Crippen LogP contribution in [-0.2, 0) is 13.0 Å². The SMILES string of the molecule is CN1CC(CN2CC(n3nnc(Cn4cc(NC(=O)c5cnn6cccnc56)c(-c5cc(OC(F)F)ccc5CC(F)F)n4)n3)C2)C1. The second-order valence-corrected chi connectivity index (χ2v) is 11.8. The number of ether oxygens (including phenoxy) is 1. The molecule has 0 aliphatic carbocycles. The summed E-state index contributed by atoms with van der Waals surface area (Å²) >= 11 is 0. The van der Waals surface area contributed by atoms with Crippen LogP contribution in [0.1, 0.15) is 27.8 Å². The fourth-order valence-electron chi connectivity index (χ4n) is 6.03. The van der Waals surface area contributed by atoms with Crippen LogP contribution in [0, 0.1) is 5.92 Å². The van der Waals surface area contributed by atoms with E-state index in [0.29, 0.717) is 17.4 Å². The van der Waals surface area contributed by atoms with Gasteiger partial charge in [0, 0.05) is 63.3 Å². The molecule has 1 amide bonds. The van der Waals surface area contributed by atoms with Gasteiger partial charge in [-0.2, -0.15) is 23.8 Å². The highest BCUT2D eigenvalue weighted by Gasteiger charge is 2.34. The molecule has 2 aliphatic heterocycles. The van der Waals surface area contributed by atoms with E-state index in [1.54, 1.807) is 17.1 Å². The third kappa shape index (κ3) is 6.64. The predicted octanol–water partition coefficient (Wildman–Crippen LogP) is 2.71. The zero-order chi connectivity index (χ0) is 32.7. The second kappa shape index (κ2) is 12.7. The maximum absolute atomic E-state index is 13.6. The Balaban J connectivity index is 1.16. The molecule has 2 saturated heterocycles. The molecule has 14 nitrogen and oxygen atoms in total. The molecular formula is C29H30F4N12O2. The molecule has 0 atom stereocenters. The van der Waals surface area contributed by atoms with E-state index >= 15 is 0 Å². The fourth-order valence-corrected chi connectivity index (χ4v) is 6.03. The average Bonchev–Trinajstić information content (AvgIpc) is 3.73. The number of rotatable bonds is 12. The van der Waals surface area contributed by atoms with Crippen molar-refractivity contribution < 1.29 is 27.1 Å². The number of likely N-dealkylation sites (tertiary alicyclic amines) is 2. The van der Waals surface area contributed by atoms with Gasteiger partial charge in [0.2, 0.25) is 6.43 Å². The van der Waals surface area contributed by atoms with E-state index in [1.807, 2.05) is 0 Å². The highest BCUT2D eigenvalue weighted by molar-refractivity contribution is 6.09. The lowest BCUT2D eigenvalue weighted by molar-refractivity contribution is -0.0498. The second-order valence-electron chi connectivity index (χ2n) is 11.8. The zero-order valence-electron chi connectivity index (χ0n) is 25.1. The number of carbonyl (C=O) groups excluding carboxylic acids is 1. The molecule has 2 aliphatic rings. The standard InChI is InChI=1S/C29H30F4N12O2/c1-41-10-17(11-41)12-42-13-19(14-42)45-38-25(37-40-45)16-43-15-23(36-28(46)22-9-35-44-6-2-5-34-27(22)44)26(39-43)21-8-20(47-29(32)33)4-3-18(21)7-24(30)31/h2-6,8-9,15,17,19,24,29H,7,10-14,16H2,1H3,(H,36,46). The summed E-state index contributed by atoms with van der Waals surface area (Å²) in [5.74, 6) is 0.166. The van der Waals surface area contributed by atoms with Crippen molar-refractivity contribution in [3.63, 3.8) is 0 Å². The number of hydrogen-bond donors (Lipinski definition) is 1. The number of tetrazole rings is 1. The van der Waals surface area contributed by atoms with E-state index in [9.17, 15) is 22.4 Å². The van der Waals surface area contributed by atoms with Crippen LogP contribution in [-0.4, -0.2) is 113 Å². The number of fused-ring (bicyclic) bond motifs is 1. The Morgan fingerprint density at radius 2 is 1.96 bits per heavy atom. The molecule has 246 valence electrons. The quantitative estimate of drug-likeness (QED) is 0.200. The van der Waals surface area contributed by atoms with Crippen molar-refractivity contribution in [2.45, 2.75) is 32.0 Å². The third-order valence-corrected chi connectivity index (χ3v) is 8.16. The number of aromatic nitrogens is 9. The van der Waals surface area contributed by atoms with Gasteiger partial charge in [-0.05, 0) is 41.9 Å². The molecular weight excluding hydrogens is 624 g/mol. The molecule has 18 heteroatoms. The summed E-state index contributed by atoms with van der Waals surface area (Å²) in [5.41, 5.74) is 0.822. The number of nitrogens with zero attached hydrogens (tertiary/aromatic N) is 11. The van der Waals surface area contributed by atoms with E-state index < -0.39 is 25.4 Å². The summed E-state index contributed by atoms with van der Waals surface area (Å²) in [6.07, 6.45) is 2.54. The summed E-state index contributed by atoms with van der Waals surface area (Å²) < 4.78 is 60.8. The van der Waals surface area contributed by atoms with Gasteiger partial charge in [0.15, 0.2) is 11.5 Å². The van der Waals surface area contributed by atoms with Gasteiger partial charge in [-0.25, -0.2) is 18.3 Å². The molecule has 4 aromatic heterocycles. The molecule has 6 heterocycles. The molecule has 7 rings (SSSR count). The number of nitrogens with one attached hydrogen (secondary N) is 1. The van der Waals surface area contributed by atoms with Gasteiger partial charge < -0.3 is 15.0 Å². The lowest BCUT2D eigenvalue weighted by Gasteiger charge is -2.44. The minimum absolute atomic E-state index is 0.0311. The Morgan fingerprint density at radius 1 is 1.13 bits per heavy atom. The minimum atomic E-state index is -3.14. The van der Waals surface area contributed by atoms with Crippen LogP contribution < -0.4 is 10.1 Å². The highest BCUT2D eigenvalue weighted by Crippen LogP contribution is 2.35. The molecule has 0 unspecified atom stereocenters. The summed E-state index contributed by atoms with van der Waals surface area (Å²) in [6, 6.07) is 5.40. The topological polar surface area (TPSA) is 136 Å². The first-order valence-electron chi connectivity index (χ1n) is 14.9. The van der Waals surface area contributed by atoms with Crippen molar-refractivity contribution in [3.05, 3.63) is 66.0 Å². The molecule has 1 N–H and O–H groups in total. The minimum Gasteiger partial charge on any atom is -0.435 e. The monoisotopic (exact) mass is 654 g/mol. The number of halogens is 4. The van der Waals surface area contributed by atoms with Gasteiger partial charge >= 0.3 is 6.61 Å². The molecule has 5 aromatic rings. The molecule has 0 radical (unpaired) electrons. The number of amides is 1. The van der Waals surface area contributed by atoms with Crippen molar-refractivity contribution in [2.75, 3.05) is 45.1 Å². The first kappa shape index (κ1) is 30.7. The smallest absolute Gasteiger partial charge is 0.387 e. The number of benzene rings is 1. The largest absolute Gasteiger partial charge is 0.435 e. The predicted molar refractivity (Wildman–Crippen MR) is 158 cm³/mol. The van der Waals surface area contributed by atoms with E-state index in [4.69, 9.17) is 0 Å². The van der Waals surface area contributed by atoms with Crippen LogP contribution in [0.25, 0.3) is 16.9 Å². The molecule has 0 spiro atoms. The van der Waals surface area contributed by atoms with Crippen molar-refractivity contribution in [1.29, 1.82) is 0 Å². The van der Waals surface area contributed by atoms with Crippen molar-refractivity contribution in [3.8, 4) is 17.0 Å². The van der Waals surface area contributed by atoms with Crippen molar-refractivity contribution in [2.24, 2.45) is 5.92 Å². The molecule has 0 bridgehead atoms. The van der Waals surface area contributed by atoms with Crippen LogP contribution in [0.4, 0.5) is 23.2 Å². The molecule has 1 aromatic carbocycles. The Bertz CT molecular complexity index is 1880. The van der Waals surface area contributed by atoms with Gasteiger partial charge in [0.25, 0.3) is 5.91 Å². The van der Waals surface area contributed by atoms with Gasteiger partial charge in [0.1, 0.15) is 23.6 Å². The van der Waals surface area contributed by atoms with E-state index in [-0.39, 0.29) is 46.4 Å². The van der Waals surface area contributed by atoms with Crippen LogP contribution in [0.15, 0.2) is 49.1 Å². The zero-order valence-corrected chi connectivity index (χ0v) is 25.1.